The highest BCUT2D eigenvalue weighted by atomic mass is 32.2. The van der Waals surface area contributed by atoms with Crippen LogP contribution < -0.4 is 0 Å². The Kier molecular flexibility index (Phi) is 4.31. The molecule has 0 atom stereocenters. The summed E-state index contributed by atoms with van der Waals surface area (Å²) in [7, 11) is -1.66. The third kappa shape index (κ3) is 3.04. The molecule has 6 heteroatoms. The lowest BCUT2D eigenvalue weighted by Gasteiger charge is -2.35. The van der Waals surface area contributed by atoms with Crippen LogP contribution in [0.5, 0.6) is 0 Å². The Morgan fingerprint density at radius 2 is 1.83 bits per heavy atom. The highest BCUT2D eigenvalue weighted by Gasteiger charge is 2.38. The van der Waals surface area contributed by atoms with Gasteiger partial charge in [0.2, 0.25) is 10.0 Å². The number of sulfonamides is 1. The van der Waals surface area contributed by atoms with Gasteiger partial charge in [0, 0.05) is 39.6 Å². The maximum absolute atomic E-state index is 12.3. The maximum Gasteiger partial charge on any atom is 0.216 e. The summed E-state index contributed by atoms with van der Waals surface area (Å²) in [5, 5.41) is 10.1. The van der Waals surface area contributed by atoms with E-state index < -0.39 is 15.6 Å². The molecule has 0 aromatic rings. The zero-order valence-electron chi connectivity index (χ0n) is 11.0. The van der Waals surface area contributed by atoms with Gasteiger partial charge in [-0.25, -0.2) is 12.7 Å². The predicted octanol–water partition coefficient (Wildman–Crippen LogP) is 0.732. The molecule has 1 N–H and O–H groups in total. The van der Waals surface area contributed by atoms with Gasteiger partial charge in [-0.05, 0) is 12.8 Å². The first kappa shape index (κ1) is 14.2. The maximum atomic E-state index is 12.3. The summed E-state index contributed by atoms with van der Waals surface area (Å²) >= 11 is 0. The van der Waals surface area contributed by atoms with Crippen LogP contribution in [0.4, 0.5) is 0 Å². The number of hydrogen-bond donors (Lipinski definition) is 1. The van der Waals surface area contributed by atoms with Gasteiger partial charge in [0.15, 0.2) is 0 Å². The number of ether oxygens (including phenoxy) is 1. The Hall–Kier alpha value is -0.170. The van der Waals surface area contributed by atoms with Crippen LogP contribution in [0.1, 0.15) is 38.5 Å². The molecule has 1 aliphatic carbocycles. The number of hydrogen-bond acceptors (Lipinski definition) is 4. The van der Waals surface area contributed by atoms with Crippen molar-refractivity contribution in [3.05, 3.63) is 0 Å². The van der Waals surface area contributed by atoms with Crippen molar-refractivity contribution < 1.29 is 18.3 Å². The number of rotatable bonds is 4. The van der Waals surface area contributed by atoms with Crippen molar-refractivity contribution in [2.24, 2.45) is 0 Å². The molecule has 0 aromatic heterocycles. The third-order valence-corrected chi connectivity index (χ3v) is 6.41. The summed E-state index contributed by atoms with van der Waals surface area (Å²) in [5.41, 5.74) is -0.918. The topological polar surface area (TPSA) is 66.8 Å². The highest BCUT2D eigenvalue weighted by molar-refractivity contribution is 7.89. The molecule has 0 radical (unpaired) electrons. The largest absolute Gasteiger partial charge is 0.388 e. The molecule has 18 heavy (non-hydrogen) atoms. The van der Waals surface area contributed by atoms with E-state index in [4.69, 9.17) is 4.74 Å². The van der Waals surface area contributed by atoms with E-state index in [1.54, 1.807) is 7.05 Å². The molecule has 0 amide bonds. The second-order valence-corrected chi connectivity index (χ2v) is 7.86. The van der Waals surface area contributed by atoms with Gasteiger partial charge < -0.3 is 9.84 Å². The smallest absolute Gasteiger partial charge is 0.216 e. The second-order valence-electron chi connectivity index (χ2n) is 5.54. The van der Waals surface area contributed by atoms with Crippen LogP contribution in [0, 0.1) is 0 Å². The molecule has 0 spiro atoms. The molecule has 5 nitrogen and oxygen atoms in total. The van der Waals surface area contributed by atoms with Gasteiger partial charge in [0.1, 0.15) is 0 Å². The lowest BCUT2D eigenvalue weighted by molar-refractivity contribution is -0.0690. The average Bonchev–Trinajstić information content (AvgIpc) is 2.83. The van der Waals surface area contributed by atoms with Crippen LogP contribution in [0.15, 0.2) is 0 Å². The van der Waals surface area contributed by atoms with E-state index in [2.05, 4.69) is 0 Å². The molecular weight excluding hydrogens is 254 g/mol. The van der Waals surface area contributed by atoms with Crippen LogP contribution in [0.25, 0.3) is 0 Å². The average molecular weight is 277 g/mol. The van der Waals surface area contributed by atoms with E-state index in [0.717, 1.165) is 25.7 Å². The Morgan fingerprint density at radius 1 is 1.28 bits per heavy atom. The second kappa shape index (κ2) is 5.45. The summed E-state index contributed by atoms with van der Waals surface area (Å²) in [6, 6.07) is 0. The van der Waals surface area contributed by atoms with E-state index in [-0.39, 0.29) is 11.8 Å². The molecule has 1 saturated heterocycles. The van der Waals surface area contributed by atoms with E-state index in [1.165, 1.54) is 4.31 Å². The third-order valence-electron chi connectivity index (χ3n) is 4.10. The van der Waals surface area contributed by atoms with Gasteiger partial charge >= 0.3 is 0 Å². The summed E-state index contributed by atoms with van der Waals surface area (Å²) in [6.45, 7) is 1.21. The normalized spacial score (nSPS) is 25.7. The minimum atomic E-state index is -3.24. The lowest BCUT2D eigenvalue weighted by Crippen LogP contribution is -2.48. The SMILES string of the molecule is CN(CC1(O)CCOCC1)S(=O)(=O)C1CCCC1. The Morgan fingerprint density at radius 3 is 2.39 bits per heavy atom. The van der Waals surface area contributed by atoms with E-state index in [9.17, 15) is 13.5 Å². The minimum Gasteiger partial charge on any atom is -0.388 e. The van der Waals surface area contributed by atoms with Crippen LogP contribution in [0.2, 0.25) is 0 Å². The van der Waals surface area contributed by atoms with Crippen molar-refractivity contribution in [1.82, 2.24) is 4.31 Å². The molecule has 2 rings (SSSR count). The first-order valence-corrected chi connectivity index (χ1v) is 8.20. The monoisotopic (exact) mass is 277 g/mol. The van der Waals surface area contributed by atoms with Crippen molar-refractivity contribution in [2.45, 2.75) is 49.4 Å². The van der Waals surface area contributed by atoms with E-state index in [0.29, 0.717) is 26.1 Å². The zero-order chi connectivity index (χ0) is 13.2. The van der Waals surface area contributed by atoms with Crippen molar-refractivity contribution in [1.29, 1.82) is 0 Å². The van der Waals surface area contributed by atoms with Crippen LogP contribution in [-0.4, -0.2) is 55.5 Å². The summed E-state index contributed by atoms with van der Waals surface area (Å²) < 4.78 is 31.2. The van der Waals surface area contributed by atoms with Gasteiger partial charge in [0.25, 0.3) is 0 Å². The summed E-state index contributed by atoms with van der Waals surface area (Å²) in [5.74, 6) is 0. The van der Waals surface area contributed by atoms with Crippen molar-refractivity contribution in [2.75, 3.05) is 26.8 Å². The van der Waals surface area contributed by atoms with Crippen molar-refractivity contribution >= 4 is 10.0 Å². The molecule has 106 valence electrons. The summed E-state index contributed by atoms with van der Waals surface area (Å²) in [6.07, 6.45) is 4.53. The quantitative estimate of drug-likeness (QED) is 0.823. The van der Waals surface area contributed by atoms with Gasteiger partial charge in [0.05, 0.1) is 10.9 Å². The predicted molar refractivity (Wildman–Crippen MR) is 68.8 cm³/mol. The first-order chi connectivity index (χ1) is 8.44. The van der Waals surface area contributed by atoms with Gasteiger partial charge in [-0.1, -0.05) is 12.8 Å². The number of aliphatic hydroxyl groups is 1. The van der Waals surface area contributed by atoms with Gasteiger partial charge in [-0.3, -0.25) is 0 Å². The van der Waals surface area contributed by atoms with Crippen LogP contribution in [0.3, 0.4) is 0 Å². The first-order valence-electron chi connectivity index (χ1n) is 6.69. The molecule has 1 aliphatic heterocycles. The van der Waals surface area contributed by atoms with E-state index in [1.807, 2.05) is 0 Å². The lowest BCUT2D eigenvalue weighted by atomic mass is 9.95. The standard InChI is InChI=1S/C12H23NO4S/c1-13(10-12(14)6-8-17-9-7-12)18(15,16)11-4-2-3-5-11/h11,14H,2-10H2,1H3. The molecule has 2 aliphatic rings. The van der Waals surface area contributed by atoms with E-state index >= 15 is 0 Å². The van der Waals surface area contributed by atoms with Gasteiger partial charge in [-0.15, -0.1) is 0 Å². The van der Waals surface area contributed by atoms with Crippen molar-refractivity contribution in [3.8, 4) is 0 Å². The zero-order valence-corrected chi connectivity index (χ0v) is 11.8. The van der Waals surface area contributed by atoms with Crippen LogP contribution >= 0.6 is 0 Å². The Bertz CT molecular complexity index is 370. The molecule has 1 heterocycles. The number of nitrogens with zero attached hydrogens (tertiary/aromatic N) is 1. The molecule has 0 aromatic carbocycles. The molecule has 0 bridgehead atoms. The Labute approximate surface area is 109 Å². The molecule has 0 unspecified atom stereocenters. The fraction of sp³-hybridized carbons (Fsp3) is 1.00. The van der Waals surface area contributed by atoms with Crippen molar-refractivity contribution in [3.63, 3.8) is 0 Å². The molecule has 1 saturated carbocycles. The highest BCUT2D eigenvalue weighted by Crippen LogP contribution is 2.29. The Balaban J connectivity index is 1.99. The van der Waals surface area contributed by atoms with Gasteiger partial charge in [-0.2, -0.15) is 0 Å². The molecule has 2 fully saturated rings. The minimum absolute atomic E-state index is 0.190. The van der Waals surface area contributed by atoms with Crippen LogP contribution in [-0.2, 0) is 14.8 Å². The fourth-order valence-corrected chi connectivity index (χ4v) is 4.71. The molecular formula is C12H23NO4S. The fourth-order valence-electron chi connectivity index (χ4n) is 2.85. The summed E-state index contributed by atoms with van der Waals surface area (Å²) in [4.78, 5) is 0. The number of likely N-dealkylation sites (N-methyl/N-ethyl adjacent to an activating group) is 1.